The van der Waals surface area contributed by atoms with Gasteiger partial charge in [0.2, 0.25) is 17.7 Å². The number of aliphatic hydroxyl groups is 1. The summed E-state index contributed by atoms with van der Waals surface area (Å²) in [5.41, 5.74) is 0.275. The number of benzene rings is 1. The highest BCUT2D eigenvalue weighted by molar-refractivity contribution is 8.02. The molecule has 2 bridgehead atoms. The standard InChI is InChI=1S/C35H51N3O4S/c1-9-20-36(25-16-12-11-13-17-25)29(40)26-27-30(41)37(22-14-15-23-39)28(35(27)19-18-34(26,8)43-35)31(42)38(21-10-2)33(6,7)24-32(3,4)5/h9-13,16-17,26-28,39H,1-2,14-15,18-24H2,3-8H3/t26-,27+,28?,34+,35?/m1/s1. The molecular weight excluding hydrogens is 558 g/mol. The van der Waals surface area contributed by atoms with Crippen molar-refractivity contribution in [3.8, 4) is 0 Å². The second-order valence-electron chi connectivity index (χ2n) is 14.6. The van der Waals surface area contributed by atoms with Crippen LogP contribution in [0.2, 0.25) is 0 Å². The lowest BCUT2D eigenvalue weighted by Crippen LogP contribution is -2.60. The first-order chi connectivity index (χ1) is 20.2. The van der Waals surface area contributed by atoms with Crippen molar-refractivity contribution >= 4 is 35.2 Å². The average Bonchev–Trinajstić information content (AvgIpc) is 3.49. The molecule has 1 spiro atoms. The second-order valence-corrected chi connectivity index (χ2v) is 16.4. The fraction of sp³-hybridized carbons (Fsp3) is 0.629. The van der Waals surface area contributed by atoms with Gasteiger partial charge in [0, 0.05) is 42.2 Å². The smallest absolute Gasteiger partial charge is 0.247 e. The third-order valence-corrected chi connectivity index (χ3v) is 11.5. The zero-order valence-electron chi connectivity index (χ0n) is 27.0. The van der Waals surface area contributed by atoms with Gasteiger partial charge in [-0.2, -0.15) is 0 Å². The highest BCUT2D eigenvalue weighted by Crippen LogP contribution is 2.71. The number of hydrogen-bond donors (Lipinski definition) is 1. The first-order valence-corrected chi connectivity index (χ1v) is 16.5. The Morgan fingerprint density at radius 1 is 1.05 bits per heavy atom. The molecule has 0 radical (unpaired) electrons. The van der Waals surface area contributed by atoms with Crippen molar-refractivity contribution in [3.63, 3.8) is 0 Å². The normalized spacial score (nSPS) is 28.1. The number of fused-ring (bicyclic) bond motifs is 1. The lowest BCUT2D eigenvalue weighted by Gasteiger charge is -2.46. The number of anilines is 1. The summed E-state index contributed by atoms with van der Waals surface area (Å²) in [5.74, 6) is -1.42. The number of likely N-dealkylation sites (tertiary alicyclic amines) is 1. The zero-order valence-corrected chi connectivity index (χ0v) is 27.8. The monoisotopic (exact) mass is 609 g/mol. The van der Waals surface area contributed by atoms with E-state index in [1.807, 2.05) is 35.2 Å². The molecule has 1 N–H and O–H groups in total. The Bertz CT molecular complexity index is 1230. The van der Waals surface area contributed by atoms with Crippen LogP contribution in [0.3, 0.4) is 0 Å². The Kier molecular flexibility index (Phi) is 9.63. The molecule has 43 heavy (non-hydrogen) atoms. The number of unbranched alkanes of at least 4 members (excludes halogenated alkanes) is 1. The number of carbonyl (C=O) groups is 3. The van der Waals surface area contributed by atoms with Crippen molar-refractivity contribution < 1.29 is 19.5 Å². The first-order valence-electron chi connectivity index (χ1n) is 15.7. The molecule has 5 atom stereocenters. The number of carbonyl (C=O) groups excluding carboxylic acids is 3. The van der Waals surface area contributed by atoms with Crippen molar-refractivity contribution in [3.05, 3.63) is 55.6 Å². The van der Waals surface area contributed by atoms with Crippen LogP contribution >= 0.6 is 11.8 Å². The number of rotatable bonds is 13. The van der Waals surface area contributed by atoms with E-state index in [1.165, 1.54) is 0 Å². The number of hydrogen-bond acceptors (Lipinski definition) is 5. The summed E-state index contributed by atoms with van der Waals surface area (Å²) in [4.78, 5) is 49.5. The quantitative estimate of drug-likeness (QED) is 0.230. The lowest BCUT2D eigenvalue weighted by atomic mass is 9.66. The van der Waals surface area contributed by atoms with Gasteiger partial charge in [-0.25, -0.2) is 0 Å². The van der Waals surface area contributed by atoms with Crippen LogP contribution in [0.15, 0.2) is 55.6 Å². The van der Waals surface area contributed by atoms with Gasteiger partial charge in [-0.05, 0) is 70.4 Å². The number of para-hydroxylation sites is 1. The van der Waals surface area contributed by atoms with Gasteiger partial charge >= 0.3 is 0 Å². The molecular formula is C35H51N3O4S. The summed E-state index contributed by atoms with van der Waals surface area (Å²) in [6, 6.07) is 8.87. The van der Waals surface area contributed by atoms with Crippen molar-refractivity contribution in [2.24, 2.45) is 17.3 Å². The maximum absolute atomic E-state index is 14.9. The molecule has 4 rings (SSSR count). The molecule has 3 saturated heterocycles. The van der Waals surface area contributed by atoms with Gasteiger partial charge in [0.1, 0.15) is 6.04 Å². The van der Waals surface area contributed by atoms with Gasteiger partial charge in [-0.15, -0.1) is 24.9 Å². The van der Waals surface area contributed by atoms with Gasteiger partial charge in [0.05, 0.1) is 16.6 Å². The second kappa shape index (κ2) is 12.4. The van der Waals surface area contributed by atoms with E-state index in [2.05, 4.69) is 54.7 Å². The van der Waals surface area contributed by atoms with Crippen molar-refractivity contribution in [2.75, 3.05) is 31.1 Å². The van der Waals surface area contributed by atoms with E-state index in [1.54, 1.807) is 33.7 Å². The Hall–Kier alpha value is -2.58. The molecule has 1 aromatic rings. The largest absolute Gasteiger partial charge is 0.396 e. The topological polar surface area (TPSA) is 81.2 Å². The van der Waals surface area contributed by atoms with Crippen LogP contribution in [0.1, 0.15) is 73.6 Å². The average molecular weight is 610 g/mol. The number of aliphatic hydroxyl groups excluding tert-OH is 1. The van der Waals surface area contributed by atoms with Crippen molar-refractivity contribution in [1.29, 1.82) is 0 Å². The molecule has 3 fully saturated rings. The van der Waals surface area contributed by atoms with Crippen LogP contribution in [-0.2, 0) is 14.4 Å². The Morgan fingerprint density at radius 3 is 2.28 bits per heavy atom. The van der Waals surface area contributed by atoms with Crippen LogP contribution in [0, 0.1) is 17.3 Å². The molecule has 0 aliphatic carbocycles. The van der Waals surface area contributed by atoms with Crippen LogP contribution in [0.5, 0.6) is 0 Å². The fourth-order valence-corrected chi connectivity index (χ4v) is 10.6. The summed E-state index contributed by atoms with van der Waals surface area (Å²) < 4.78 is -1.16. The first kappa shape index (κ1) is 33.3. The lowest BCUT2D eigenvalue weighted by molar-refractivity contribution is -0.146. The Morgan fingerprint density at radius 2 is 1.70 bits per heavy atom. The molecule has 236 valence electrons. The maximum atomic E-state index is 14.9. The van der Waals surface area contributed by atoms with Crippen LogP contribution in [0.4, 0.5) is 5.69 Å². The minimum Gasteiger partial charge on any atom is -0.396 e. The minimum absolute atomic E-state index is 0.0199. The molecule has 3 aliphatic rings. The van der Waals surface area contributed by atoms with Gasteiger partial charge in [0.15, 0.2) is 0 Å². The van der Waals surface area contributed by atoms with E-state index < -0.39 is 32.9 Å². The summed E-state index contributed by atoms with van der Waals surface area (Å²) in [6.07, 6.45) is 6.87. The molecule has 1 aromatic carbocycles. The van der Waals surface area contributed by atoms with Crippen molar-refractivity contribution in [2.45, 2.75) is 94.7 Å². The zero-order chi connectivity index (χ0) is 31.8. The third kappa shape index (κ3) is 6.06. The van der Waals surface area contributed by atoms with Gasteiger partial charge < -0.3 is 19.8 Å². The Labute approximate surface area is 262 Å². The molecule has 3 amide bonds. The highest BCUT2D eigenvalue weighted by atomic mass is 32.2. The molecule has 7 nitrogen and oxygen atoms in total. The van der Waals surface area contributed by atoms with E-state index in [0.717, 1.165) is 18.5 Å². The predicted molar refractivity (Wildman–Crippen MR) is 176 cm³/mol. The number of nitrogens with zero attached hydrogens (tertiary/aromatic N) is 3. The summed E-state index contributed by atoms with van der Waals surface area (Å²) in [6.45, 7) is 21.8. The molecule has 3 heterocycles. The molecule has 0 aromatic heterocycles. The number of thioether (sulfide) groups is 1. The van der Waals surface area contributed by atoms with E-state index in [9.17, 15) is 19.5 Å². The van der Waals surface area contributed by atoms with Crippen LogP contribution in [-0.4, -0.2) is 79.9 Å². The highest BCUT2D eigenvalue weighted by Gasteiger charge is 2.77. The predicted octanol–water partition coefficient (Wildman–Crippen LogP) is 5.69. The van der Waals surface area contributed by atoms with E-state index >= 15 is 0 Å². The van der Waals surface area contributed by atoms with Crippen LogP contribution in [0.25, 0.3) is 0 Å². The van der Waals surface area contributed by atoms with E-state index in [4.69, 9.17) is 0 Å². The molecule has 0 saturated carbocycles. The van der Waals surface area contributed by atoms with Crippen molar-refractivity contribution in [1.82, 2.24) is 9.80 Å². The molecule has 2 unspecified atom stereocenters. The van der Waals surface area contributed by atoms with Gasteiger partial charge in [-0.1, -0.05) is 51.1 Å². The SMILES string of the molecule is C=CCN(C(=O)[C@H]1[C@H]2C(=O)N(CCCCO)C(C(=O)N(CC=C)C(C)(C)CC(C)(C)C)C23CC[C@]1(C)S3)c1ccccc1. The number of amides is 3. The van der Waals surface area contributed by atoms with E-state index in [0.29, 0.717) is 38.9 Å². The molecule has 8 heteroatoms. The third-order valence-electron chi connectivity index (χ3n) is 9.50. The van der Waals surface area contributed by atoms with Gasteiger partial charge in [-0.3, -0.25) is 14.4 Å². The van der Waals surface area contributed by atoms with Crippen LogP contribution < -0.4 is 4.90 Å². The summed E-state index contributed by atoms with van der Waals surface area (Å²) >= 11 is 1.70. The maximum Gasteiger partial charge on any atom is 0.247 e. The van der Waals surface area contributed by atoms with Gasteiger partial charge in [0.25, 0.3) is 0 Å². The summed E-state index contributed by atoms with van der Waals surface area (Å²) in [7, 11) is 0. The molecule has 3 aliphatic heterocycles. The summed E-state index contributed by atoms with van der Waals surface area (Å²) in [5, 5.41) is 9.54. The fourth-order valence-electron chi connectivity index (χ4n) is 8.25. The Balaban J connectivity index is 1.80. The van der Waals surface area contributed by atoms with E-state index in [-0.39, 0.29) is 29.7 Å². The minimum atomic E-state index is -0.698.